The zero-order valence-electron chi connectivity index (χ0n) is 11.1. The van der Waals surface area contributed by atoms with Gasteiger partial charge in [0.15, 0.2) is 0 Å². The van der Waals surface area contributed by atoms with Crippen molar-refractivity contribution >= 4 is 5.91 Å². The second-order valence-electron chi connectivity index (χ2n) is 4.28. The van der Waals surface area contributed by atoms with Gasteiger partial charge in [0.2, 0.25) is 5.91 Å². The van der Waals surface area contributed by atoms with Gasteiger partial charge in [0, 0.05) is 11.6 Å². The van der Waals surface area contributed by atoms with E-state index in [0.29, 0.717) is 6.61 Å². The topological polar surface area (TPSA) is 64.3 Å². The van der Waals surface area contributed by atoms with Gasteiger partial charge in [0.1, 0.15) is 5.75 Å². The summed E-state index contributed by atoms with van der Waals surface area (Å²) in [7, 11) is 0. The lowest BCUT2D eigenvalue weighted by Gasteiger charge is -2.17. The molecule has 0 spiro atoms. The zero-order chi connectivity index (χ0) is 13.4. The molecule has 0 saturated carbocycles. The van der Waals surface area contributed by atoms with Crippen LogP contribution in [0.4, 0.5) is 0 Å². The zero-order valence-corrected chi connectivity index (χ0v) is 11.1. The lowest BCUT2D eigenvalue weighted by molar-refractivity contribution is -0.118. The summed E-state index contributed by atoms with van der Waals surface area (Å²) >= 11 is 0. The average molecular weight is 250 g/mol. The van der Waals surface area contributed by atoms with Gasteiger partial charge in [-0.25, -0.2) is 0 Å². The van der Waals surface area contributed by atoms with Crippen molar-refractivity contribution in [2.45, 2.75) is 32.7 Å². The Bertz CT molecular complexity index is 380. The Morgan fingerprint density at radius 1 is 1.44 bits per heavy atom. The molecular formula is C14H22N2O2. The molecule has 4 nitrogen and oxygen atoms in total. The van der Waals surface area contributed by atoms with E-state index in [9.17, 15) is 4.79 Å². The first-order valence-electron chi connectivity index (χ1n) is 6.38. The molecule has 1 atom stereocenters. The van der Waals surface area contributed by atoms with Gasteiger partial charge in [-0.05, 0) is 26.0 Å². The highest BCUT2D eigenvalue weighted by atomic mass is 16.5. The number of ether oxygens (including phenoxy) is 1. The third-order valence-corrected chi connectivity index (χ3v) is 2.69. The molecule has 100 valence electrons. The first-order valence-corrected chi connectivity index (χ1v) is 6.38. The van der Waals surface area contributed by atoms with Crippen molar-refractivity contribution in [2.75, 3.05) is 13.2 Å². The maximum atomic E-state index is 10.7. The number of carbonyl (C=O) groups excluding carboxylic acids is 1. The Morgan fingerprint density at radius 3 is 2.83 bits per heavy atom. The van der Waals surface area contributed by atoms with Crippen LogP contribution in [0.15, 0.2) is 24.3 Å². The molecule has 4 heteroatoms. The van der Waals surface area contributed by atoms with E-state index in [0.717, 1.165) is 24.3 Å². The number of primary amides is 1. The van der Waals surface area contributed by atoms with E-state index >= 15 is 0 Å². The number of hydrogen-bond donors (Lipinski definition) is 2. The second-order valence-corrected chi connectivity index (χ2v) is 4.28. The lowest BCUT2D eigenvalue weighted by atomic mass is 10.1. The Kier molecular flexibility index (Phi) is 6.22. The van der Waals surface area contributed by atoms with Gasteiger partial charge in [0.05, 0.1) is 13.0 Å². The summed E-state index contributed by atoms with van der Waals surface area (Å²) in [6.07, 6.45) is 1.33. The molecule has 0 aromatic heterocycles. The first kappa shape index (κ1) is 14.5. The summed E-state index contributed by atoms with van der Waals surface area (Å²) in [5.74, 6) is 0.472. The fraction of sp³-hybridized carbons (Fsp3) is 0.500. The predicted molar refractivity (Wildman–Crippen MR) is 72.5 cm³/mol. The van der Waals surface area contributed by atoms with Gasteiger partial charge in [0.25, 0.3) is 0 Å². The van der Waals surface area contributed by atoms with E-state index in [1.54, 1.807) is 0 Å². The molecule has 0 radical (unpaired) electrons. The van der Waals surface area contributed by atoms with Crippen LogP contribution in [0.1, 0.15) is 38.3 Å². The molecular weight excluding hydrogens is 228 g/mol. The molecule has 0 aliphatic rings. The minimum absolute atomic E-state index is 0.231. The van der Waals surface area contributed by atoms with E-state index < -0.39 is 0 Å². The standard InChI is InChI=1S/C14H22N2O2/c1-3-9-16-11(2)12-6-4-5-7-13(12)18-10-8-14(15)17/h4-7,11,16H,3,8-10H2,1-2H3,(H2,15,17). The van der Waals surface area contributed by atoms with E-state index in [2.05, 4.69) is 19.2 Å². The number of rotatable bonds is 8. The van der Waals surface area contributed by atoms with Crippen LogP contribution in [-0.2, 0) is 4.79 Å². The Morgan fingerprint density at radius 2 is 2.17 bits per heavy atom. The SMILES string of the molecule is CCCNC(C)c1ccccc1OCCC(N)=O. The molecule has 1 aromatic carbocycles. The largest absolute Gasteiger partial charge is 0.493 e. The predicted octanol–water partition coefficient (Wildman–Crippen LogP) is 2.00. The van der Waals surface area contributed by atoms with Crippen LogP contribution >= 0.6 is 0 Å². The highest BCUT2D eigenvalue weighted by molar-refractivity contribution is 5.73. The van der Waals surface area contributed by atoms with Gasteiger partial charge in [-0.2, -0.15) is 0 Å². The summed E-state index contributed by atoms with van der Waals surface area (Å²) in [5.41, 5.74) is 6.20. The van der Waals surface area contributed by atoms with Crippen LogP contribution in [0.25, 0.3) is 0 Å². The van der Waals surface area contributed by atoms with Crippen LogP contribution in [0, 0.1) is 0 Å². The highest BCUT2D eigenvalue weighted by Gasteiger charge is 2.10. The first-order chi connectivity index (χ1) is 8.65. The molecule has 0 heterocycles. The minimum atomic E-state index is -0.343. The molecule has 0 aliphatic carbocycles. The monoisotopic (exact) mass is 250 g/mol. The second kappa shape index (κ2) is 7.71. The number of carbonyl (C=O) groups is 1. The number of amides is 1. The third kappa shape index (κ3) is 4.75. The molecule has 1 aromatic rings. The molecule has 1 amide bonds. The molecule has 18 heavy (non-hydrogen) atoms. The summed E-state index contributed by atoms with van der Waals surface area (Å²) in [4.78, 5) is 10.7. The summed E-state index contributed by atoms with van der Waals surface area (Å²) < 4.78 is 5.61. The summed E-state index contributed by atoms with van der Waals surface area (Å²) in [6.45, 7) is 5.53. The fourth-order valence-corrected chi connectivity index (χ4v) is 1.70. The smallest absolute Gasteiger partial charge is 0.220 e. The number of benzene rings is 1. The third-order valence-electron chi connectivity index (χ3n) is 2.69. The van der Waals surface area contributed by atoms with Crippen LogP contribution in [0.5, 0.6) is 5.75 Å². The van der Waals surface area contributed by atoms with Crippen molar-refractivity contribution < 1.29 is 9.53 Å². The van der Waals surface area contributed by atoms with Crippen molar-refractivity contribution in [1.82, 2.24) is 5.32 Å². The van der Waals surface area contributed by atoms with Gasteiger partial charge in [-0.3, -0.25) is 4.79 Å². The summed E-state index contributed by atoms with van der Waals surface area (Å²) in [5, 5.41) is 3.42. The van der Waals surface area contributed by atoms with Crippen LogP contribution in [0.2, 0.25) is 0 Å². The van der Waals surface area contributed by atoms with Crippen molar-refractivity contribution in [1.29, 1.82) is 0 Å². The summed E-state index contributed by atoms with van der Waals surface area (Å²) in [6, 6.07) is 8.10. The highest BCUT2D eigenvalue weighted by Crippen LogP contribution is 2.24. The van der Waals surface area contributed by atoms with E-state index in [-0.39, 0.29) is 18.4 Å². The lowest BCUT2D eigenvalue weighted by Crippen LogP contribution is -2.20. The number of nitrogens with one attached hydrogen (secondary N) is 1. The number of nitrogens with two attached hydrogens (primary N) is 1. The Labute approximate surface area is 109 Å². The Balaban J connectivity index is 2.63. The molecule has 0 bridgehead atoms. The van der Waals surface area contributed by atoms with Gasteiger partial charge >= 0.3 is 0 Å². The van der Waals surface area contributed by atoms with Crippen molar-refractivity contribution in [3.05, 3.63) is 29.8 Å². The molecule has 0 aliphatic heterocycles. The number of para-hydroxylation sites is 1. The van der Waals surface area contributed by atoms with Crippen LogP contribution < -0.4 is 15.8 Å². The van der Waals surface area contributed by atoms with E-state index in [1.165, 1.54) is 0 Å². The van der Waals surface area contributed by atoms with Crippen LogP contribution in [-0.4, -0.2) is 19.1 Å². The number of hydrogen-bond acceptors (Lipinski definition) is 3. The van der Waals surface area contributed by atoms with E-state index in [1.807, 2.05) is 24.3 Å². The normalized spacial score (nSPS) is 12.1. The van der Waals surface area contributed by atoms with Gasteiger partial charge < -0.3 is 15.8 Å². The molecule has 0 saturated heterocycles. The maximum absolute atomic E-state index is 10.7. The van der Waals surface area contributed by atoms with Crippen LogP contribution in [0.3, 0.4) is 0 Å². The van der Waals surface area contributed by atoms with E-state index in [4.69, 9.17) is 10.5 Å². The van der Waals surface area contributed by atoms with Crippen molar-refractivity contribution in [3.8, 4) is 5.75 Å². The molecule has 0 fully saturated rings. The fourth-order valence-electron chi connectivity index (χ4n) is 1.70. The Hall–Kier alpha value is -1.55. The molecule has 3 N–H and O–H groups in total. The van der Waals surface area contributed by atoms with Crippen molar-refractivity contribution in [3.63, 3.8) is 0 Å². The molecule has 1 unspecified atom stereocenters. The average Bonchev–Trinajstić information content (AvgIpc) is 2.36. The van der Waals surface area contributed by atoms with Gasteiger partial charge in [-0.15, -0.1) is 0 Å². The van der Waals surface area contributed by atoms with Crippen molar-refractivity contribution in [2.24, 2.45) is 5.73 Å². The maximum Gasteiger partial charge on any atom is 0.220 e. The molecule has 1 rings (SSSR count). The quantitative estimate of drug-likeness (QED) is 0.741. The minimum Gasteiger partial charge on any atom is -0.493 e. The van der Waals surface area contributed by atoms with Gasteiger partial charge in [-0.1, -0.05) is 25.1 Å².